The van der Waals surface area contributed by atoms with Crippen LogP contribution in [-0.4, -0.2) is 33.7 Å². The molecule has 0 aliphatic heterocycles. The zero-order valence-electron chi connectivity index (χ0n) is 9.92. The lowest BCUT2D eigenvalue weighted by Gasteiger charge is -2.09. The Labute approximate surface area is 123 Å². The van der Waals surface area contributed by atoms with Gasteiger partial charge in [-0.3, -0.25) is 4.99 Å². The maximum Gasteiger partial charge on any atom is 0.210 e. The van der Waals surface area contributed by atoms with E-state index < -0.39 is 10.0 Å². The number of nitrogens with two attached hydrogens (primary N) is 1. The molecule has 104 valence electrons. The number of guanidine groups is 1. The molecule has 0 bridgehead atoms. The number of hydrogen-bond donors (Lipinski definition) is 3. The number of hydrogen-bond acceptors (Lipinski definition) is 4. The van der Waals surface area contributed by atoms with Gasteiger partial charge in [0, 0.05) is 13.6 Å². The summed E-state index contributed by atoms with van der Waals surface area (Å²) in [5, 5.41) is 10.7. The molecule has 0 amide bonds. The molecule has 18 heavy (non-hydrogen) atoms. The van der Waals surface area contributed by atoms with Crippen molar-refractivity contribution in [2.75, 3.05) is 19.3 Å². The van der Waals surface area contributed by atoms with Crippen LogP contribution in [0.15, 0.2) is 27.8 Å². The lowest BCUT2D eigenvalue weighted by atomic mass is 10.4. The van der Waals surface area contributed by atoms with E-state index in [1.54, 1.807) is 19.4 Å². The second-order valence-corrected chi connectivity index (χ2v) is 5.03. The second-order valence-electron chi connectivity index (χ2n) is 3.30. The number of nitrogens with zero attached hydrogens (tertiary/aromatic N) is 1. The number of primary sulfonamides is 1. The quantitative estimate of drug-likeness (QED) is 0.369. The van der Waals surface area contributed by atoms with Crippen LogP contribution in [0.2, 0.25) is 0 Å². The van der Waals surface area contributed by atoms with Crippen molar-refractivity contribution in [3.63, 3.8) is 0 Å². The van der Waals surface area contributed by atoms with Crippen LogP contribution in [0.5, 0.6) is 0 Å². The zero-order valence-corrected chi connectivity index (χ0v) is 13.1. The summed E-state index contributed by atoms with van der Waals surface area (Å²) in [6, 6.07) is 3.61. The number of nitrogens with one attached hydrogen (secondary N) is 2. The average Bonchev–Trinajstić information content (AvgIpc) is 2.74. The van der Waals surface area contributed by atoms with E-state index in [9.17, 15) is 8.42 Å². The molecule has 0 spiro atoms. The van der Waals surface area contributed by atoms with Crippen molar-refractivity contribution in [2.24, 2.45) is 10.1 Å². The molecule has 0 aliphatic carbocycles. The molecular weight excluding hydrogens is 371 g/mol. The first-order chi connectivity index (χ1) is 8.01. The van der Waals surface area contributed by atoms with Gasteiger partial charge in [-0.2, -0.15) is 0 Å². The first-order valence-corrected chi connectivity index (χ1v) is 6.70. The summed E-state index contributed by atoms with van der Waals surface area (Å²) in [7, 11) is -1.86. The highest BCUT2D eigenvalue weighted by atomic mass is 127. The van der Waals surface area contributed by atoms with Gasteiger partial charge in [0.05, 0.1) is 18.6 Å². The Balaban J connectivity index is 0.00000289. The third kappa shape index (κ3) is 7.50. The Hall–Kier alpha value is -0.810. The highest BCUT2D eigenvalue weighted by molar-refractivity contribution is 14.0. The Kier molecular flexibility index (Phi) is 7.95. The molecule has 1 aromatic heterocycles. The fourth-order valence-electron chi connectivity index (χ4n) is 1.12. The second kappa shape index (κ2) is 8.32. The minimum Gasteiger partial charge on any atom is -0.467 e. The molecule has 0 aliphatic rings. The van der Waals surface area contributed by atoms with Crippen LogP contribution in [-0.2, 0) is 16.6 Å². The van der Waals surface area contributed by atoms with Crippen LogP contribution in [0.1, 0.15) is 5.76 Å². The van der Waals surface area contributed by atoms with E-state index in [4.69, 9.17) is 9.56 Å². The first kappa shape index (κ1) is 17.2. The molecule has 1 rings (SSSR count). The predicted molar refractivity (Wildman–Crippen MR) is 80.3 cm³/mol. The van der Waals surface area contributed by atoms with Crippen LogP contribution in [0, 0.1) is 0 Å². The number of rotatable bonds is 5. The van der Waals surface area contributed by atoms with E-state index in [2.05, 4.69) is 15.6 Å². The maximum atomic E-state index is 10.7. The summed E-state index contributed by atoms with van der Waals surface area (Å²) in [4.78, 5) is 3.92. The highest BCUT2D eigenvalue weighted by Crippen LogP contribution is 1.97. The van der Waals surface area contributed by atoms with Gasteiger partial charge < -0.3 is 15.1 Å². The minimum absolute atomic E-state index is 0. The molecule has 1 aromatic rings. The molecule has 0 saturated carbocycles. The van der Waals surface area contributed by atoms with Crippen LogP contribution >= 0.6 is 24.0 Å². The van der Waals surface area contributed by atoms with Crippen molar-refractivity contribution in [1.29, 1.82) is 0 Å². The summed E-state index contributed by atoms with van der Waals surface area (Å²) in [5.74, 6) is 1.11. The van der Waals surface area contributed by atoms with Crippen molar-refractivity contribution in [1.82, 2.24) is 10.6 Å². The Morgan fingerprint density at radius 3 is 2.72 bits per heavy atom. The molecule has 1 heterocycles. The van der Waals surface area contributed by atoms with Crippen molar-refractivity contribution in [3.8, 4) is 0 Å². The van der Waals surface area contributed by atoms with Crippen molar-refractivity contribution in [3.05, 3.63) is 24.2 Å². The fraction of sp³-hybridized carbons (Fsp3) is 0.444. The molecule has 0 unspecified atom stereocenters. The van der Waals surface area contributed by atoms with E-state index in [1.807, 2.05) is 6.07 Å². The summed E-state index contributed by atoms with van der Waals surface area (Å²) in [6.45, 7) is 0.679. The smallest absolute Gasteiger partial charge is 0.210 e. The van der Waals surface area contributed by atoms with Crippen LogP contribution in [0.3, 0.4) is 0 Å². The maximum absolute atomic E-state index is 10.7. The Morgan fingerprint density at radius 1 is 1.50 bits per heavy atom. The fourth-order valence-corrected chi connectivity index (χ4v) is 1.50. The highest BCUT2D eigenvalue weighted by Gasteiger charge is 2.04. The first-order valence-electron chi connectivity index (χ1n) is 4.98. The summed E-state index contributed by atoms with van der Waals surface area (Å²) < 4.78 is 26.5. The minimum atomic E-state index is -3.45. The summed E-state index contributed by atoms with van der Waals surface area (Å²) in [5.41, 5.74) is 0. The van der Waals surface area contributed by atoms with Gasteiger partial charge in [-0.25, -0.2) is 13.6 Å². The van der Waals surface area contributed by atoms with E-state index in [0.29, 0.717) is 12.5 Å². The predicted octanol–water partition coefficient (Wildman–Crippen LogP) is -0.149. The van der Waals surface area contributed by atoms with Gasteiger partial charge in [-0.15, -0.1) is 24.0 Å². The van der Waals surface area contributed by atoms with Crippen LogP contribution in [0.4, 0.5) is 0 Å². The molecule has 9 heteroatoms. The van der Waals surface area contributed by atoms with Crippen LogP contribution < -0.4 is 15.8 Å². The van der Waals surface area contributed by atoms with Gasteiger partial charge in [0.15, 0.2) is 5.96 Å². The van der Waals surface area contributed by atoms with Gasteiger partial charge >= 0.3 is 0 Å². The van der Waals surface area contributed by atoms with Crippen molar-refractivity contribution in [2.45, 2.75) is 6.54 Å². The lowest BCUT2D eigenvalue weighted by Crippen LogP contribution is -2.39. The zero-order chi connectivity index (χ0) is 12.7. The van der Waals surface area contributed by atoms with Gasteiger partial charge in [0.1, 0.15) is 5.76 Å². The van der Waals surface area contributed by atoms with E-state index >= 15 is 0 Å². The Bertz CT molecular complexity index is 458. The van der Waals surface area contributed by atoms with Crippen LogP contribution in [0.25, 0.3) is 0 Å². The third-order valence-electron chi connectivity index (χ3n) is 1.91. The molecule has 0 fully saturated rings. The standard InChI is InChI=1S/C9H16N4O3S.HI/c1-11-9(12-4-6-17(10,14)15)13-7-8-3-2-5-16-8;/h2-3,5H,4,6-7H2,1H3,(H2,10,14,15)(H2,11,12,13);1H. The van der Waals surface area contributed by atoms with Gasteiger partial charge in [-0.1, -0.05) is 0 Å². The van der Waals surface area contributed by atoms with E-state index in [1.165, 1.54) is 0 Å². The van der Waals surface area contributed by atoms with Crippen molar-refractivity contribution >= 4 is 40.0 Å². The molecular formula is C9H17IN4O3S. The number of furan rings is 1. The molecule has 0 saturated heterocycles. The monoisotopic (exact) mass is 388 g/mol. The lowest BCUT2D eigenvalue weighted by molar-refractivity contribution is 0.501. The normalized spacial score (nSPS) is 11.8. The molecule has 0 atom stereocenters. The van der Waals surface area contributed by atoms with E-state index in [-0.39, 0.29) is 36.3 Å². The van der Waals surface area contributed by atoms with Gasteiger partial charge in [0.2, 0.25) is 10.0 Å². The molecule has 0 aromatic carbocycles. The SMILES string of the molecule is CN=C(NCCS(N)(=O)=O)NCc1ccco1.I. The third-order valence-corrected chi connectivity index (χ3v) is 2.69. The molecule has 0 radical (unpaired) electrons. The van der Waals surface area contributed by atoms with E-state index in [0.717, 1.165) is 5.76 Å². The molecule has 4 N–H and O–H groups in total. The van der Waals surface area contributed by atoms with Gasteiger partial charge in [-0.05, 0) is 12.1 Å². The largest absolute Gasteiger partial charge is 0.467 e. The number of aliphatic imine (C=N–C) groups is 1. The molecule has 7 nitrogen and oxygen atoms in total. The average molecular weight is 388 g/mol. The Morgan fingerprint density at radius 2 is 2.22 bits per heavy atom. The number of sulfonamides is 1. The summed E-state index contributed by atoms with van der Waals surface area (Å²) >= 11 is 0. The summed E-state index contributed by atoms with van der Waals surface area (Å²) in [6.07, 6.45) is 1.58. The van der Waals surface area contributed by atoms with Crippen molar-refractivity contribution < 1.29 is 12.8 Å². The topological polar surface area (TPSA) is 110 Å². The number of halogens is 1. The van der Waals surface area contributed by atoms with Gasteiger partial charge in [0.25, 0.3) is 0 Å².